The highest BCUT2D eigenvalue weighted by molar-refractivity contribution is 5.93. The molecule has 0 saturated heterocycles. The van der Waals surface area contributed by atoms with E-state index >= 15 is 0 Å². The van der Waals surface area contributed by atoms with Gasteiger partial charge in [-0.15, -0.1) is 0 Å². The van der Waals surface area contributed by atoms with Crippen molar-refractivity contribution >= 4 is 16.9 Å². The number of benzene rings is 1. The lowest BCUT2D eigenvalue weighted by molar-refractivity contribution is 0.0697. The van der Waals surface area contributed by atoms with Gasteiger partial charge in [0.15, 0.2) is 5.43 Å². The van der Waals surface area contributed by atoms with Gasteiger partial charge in [-0.05, 0) is 31.5 Å². The van der Waals surface area contributed by atoms with Crippen LogP contribution in [0.1, 0.15) is 28.5 Å². The number of pyridine rings is 1. The first-order valence-electron chi connectivity index (χ1n) is 5.43. The van der Waals surface area contributed by atoms with E-state index in [1.54, 1.807) is 6.07 Å². The highest BCUT2D eigenvalue weighted by Crippen LogP contribution is 2.14. The minimum Gasteiger partial charge on any atom is -0.478 e. The third kappa shape index (κ3) is 1.82. The normalized spacial score (nSPS) is 10.7. The SMILES string of the molecule is CCc1c(C)[nH]c2ccc(C(=O)O)cc2c1=O. The Morgan fingerprint density at radius 2 is 2.12 bits per heavy atom. The van der Waals surface area contributed by atoms with E-state index in [1.807, 2.05) is 13.8 Å². The number of rotatable bonds is 2. The first-order valence-corrected chi connectivity index (χ1v) is 5.43. The van der Waals surface area contributed by atoms with Gasteiger partial charge in [-0.1, -0.05) is 6.92 Å². The van der Waals surface area contributed by atoms with Crippen LogP contribution in [0, 0.1) is 6.92 Å². The van der Waals surface area contributed by atoms with Crippen LogP contribution >= 0.6 is 0 Å². The van der Waals surface area contributed by atoms with Gasteiger partial charge in [-0.25, -0.2) is 4.79 Å². The van der Waals surface area contributed by atoms with Crippen molar-refractivity contribution in [2.45, 2.75) is 20.3 Å². The smallest absolute Gasteiger partial charge is 0.335 e. The molecule has 0 aliphatic rings. The van der Waals surface area contributed by atoms with Crippen LogP contribution in [-0.4, -0.2) is 16.1 Å². The molecule has 0 aliphatic carbocycles. The van der Waals surface area contributed by atoms with E-state index in [0.717, 1.165) is 5.69 Å². The van der Waals surface area contributed by atoms with E-state index in [4.69, 9.17) is 5.11 Å². The van der Waals surface area contributed by atoms with Gasteiger partial charge in [0.05, 0.1) is 5.56 Å². The van der Waals surface area contributed by atoms with Crippen molar-refractivity contribution in [2.75, 3.05) is 0 Å². The second-order valence-corrected chi connectivity index (χ2v) is 3.98. The molecule has 0 fully saturated rings. The molecule has 0 radical (unpaired) electrons. The van der Waals surface area contributed by atoms with Gasteiger partial charge in [0.25, 0.3) is 0 Å². The molecule has 88 valence electrons. The molecular weight excluding hydrogens is 218 g/mol. The molecule has 0 saturated carbocycles. The fraction of sp³-hybridized carbons (Fsp3) is 0.231. The molecule has 0 amide bonds. The standard InChI is InChI=1S/C13H13NO3/c1-3-9-7(2)14-11-5-4-8(13(16)17)6-10(11)12(9)15/h4-6H,3H2,1-2H3,(H,14,15)(H,16,17). The molecule has 0 unspecified atom stereocenters. The van der Waals surface area contributed by atoms with Gasteiger partial charge < -0.3 is 10.1 Å². The fourth-order valence-corrected chi connectivity index (χ4v) is 2.01. The monoisotopic (exact) mass is 231 g/mol. The number of fused-ring (bicyclic) bond motifs is 1. The minimum absolute atomic E-state index is 0.0816. The Bertz CT molecular complexity index is 655. The van der Waals surface area contributed by atoms with E-state index < -0.39 is 5.97 Å². The zero-order chi connectivity index (χ0) is 12.6. The van der Waals surface area contributed by atoms with Gasteiger partial charge in [0.2, 0.25) is 0 Å². The van der Waals surface area contributed by atoms with Gasteiger partial charge in [0, 0.05) is 22.2 Å². The zero-order valence-electron chi connectivity index (χ0n) is 9.70. The van der Waals surface area contributed by atoms with Crippen LogP contribution in [0.2, 0.25) is 0 Å². The Morgan fingerprint density at radius 1 is 1.41 bits per heavy atom. The molecule has 2 aromatic rings. The summed E-state index contributed by atoms with van der Waals surface area (Å²) in [4.78, 5) is 26.1. The summed E-state index contributed by atoms with van der Waals surface area (Å²) >= 11 is 0. The molecule has 2 rings (SSSR count). The van der Waals surface area contributed by atoms with Crippen molar-refractivity contribution in [3.63, 3.8) is 0 Å². The molecule has 17 heavy (non-hydrogen) atoms. The lowest BCUT2D eigenvalue weighted by Crippen LogP contribution is -2.13. The third-order valence-corrected chi connectivity index (χ3v) is 2.91. The average molecular weight is 231 g/mol. The van der Waals surface area contributed by atoms with E-state index in [9.17, 15) is 9.59 Å². The number of H-pyrrole nitrogens is 1. The molecule has 4 heteroatoms. The lowest BCUT2D eigenvalue weighted by atomic mass is 10.0. The molecule has 1 aromatic heterocycles. The average Bonchev–Trinajstić information content (AvgIpc) is 2.29. The number of aryl methyl sites for hydroxylation is 1. The fourth-order valence-electron chi connectivity index (χ4n) is 2.01. The third-order valence-electron chi connectivity index (χ3n) is 2.91. The largest absolute Gasteiger partial charge is 0.478 e. The summed E-state index contributed by atoms with van der Waals surface area (Å²) in [6.45, 7) is 3.76. The van der Waals surface area contributed by atoms with Crippen molar-refractivity contribution in [2.24, 2.45) is 0 Å². The number of nitrogens with one attached hydrogen (secondary N) is 1. The quantitative estimate of drug-likeness (QED) is 0.831. The van der Waals surface area contributed by atoms with Crippen molar-refractivity contribution in [3.8, 4) is 0 Å². The zero-order valence-corrected chi connectivity index (χ0v) is 9.70. The molecule has 2 N–H and O–H groups in total. The second kappa shape index (κ2) is 4.05. The van der Waals surface area contributed by atoms with Crippen molar-refractivity contribution in [3.05, 3.63) is 45.2 Å². The molecule has 0 atom stereocenters. The van der Waals surface area contributed by atoms with Crippen LogP contribution in [0.5, 0.6) is 0 Å². The Morgan fingerprint density at radius 3 is 2.71 bits per heavy atom. The molecule has 1 aromatic carbocycles. The number of carbonyl (C=O) groups is 1. The van der Waals surface area contributed by atoms with Gasteiger partial charge in [-0.2, -0.15) is 0 Å². The number of carboxylic acids is 1. The van der Waals surface area contributed by atoms with Crippen LogP contribution < -0.4 is 5.43 Å². The first-order chi connectivity index (χ1) is 8.04. The predicted molar refractivity (Wildman–Crippen MR) is 65.6 cm³/mol. The van der Waals surface area contributed by atoms with Gasteiger partial charge in [0.1, 0.15) is 0 Å². The van der Waals surface area contributed by atoms with Gasteiger partial charge in [-0.3, -0.25) is 4.79 Å². The number of hydrogen-bond donors (Lipinski definition) is 2. The summed E-state index contributed by atoms with van der Waals surface area (Å²) in [6, 6.07) is 4.55. The summed E-state index contributed by atoms with van der Waals surface area (Å²) in [6.07, 6.45) is 0.633. The number of aromatic amines is 1. The first kappa shape index (κ1) is 11.4. The van der Waals surface area contributed by atoms with Crippen molar-refractivity contribution in [1.29, 1.82) is 0 Å². The molecule has 1 heterocycles. The Labute approximate surface area is 97.9 Å². The van der Waals surface area contributed by atoms with Crippen LogP contribution in [0.4, 0.5) is 0 Å². The molecule has 0 aliphatic heterocycles. The maximum absolute atomic E-state index is 12.1. The summed E-state index contributed by atoms with van der Waals surface area (Å²) in [7, 11) is 0. The predicted octanol–water partition coefficient (Wildman–Crippen LogP) is 2.10. The van der Waals surface area contributed by atoms with E-state index in [-0.39, 0.29) is 11.0 Å². The summed E-state index contributed by atoms with van der Waals surface area (Å²) < 4.78 is 0. The second-order valence-electron chi connectivity index (χ2n) is 3.98. The molecular formula is C13H13NO3. The van der Waals surface area contributed by atoms with E-state index in [1.165, 1.54) is 12.1 Å². The van der Waals surface area contributed by atoms with Crippen molar-refractivity contribution < 1.29 is 9.90 Å². The number of aromatic nitrogens is 1. The number of hydrogen-bond acceptors (Lipinski definition) is 2. The summed E-state index contributed by atoms with van der Waals surface area (Å²) in [5.74, 6) is -1.02. The highest BCUT2D eigenvalue weighted by atomic mass is 16.4. The van der Waals surface area contributed by atoms with Crippen molar-refractivity contribution in [1.82, 2.24) is 4.98 Å². The highest BCUT2D eigenvalue weighted by Gasteiger charge is 2.10. The summed E-state index contributed by atoms with van der Waals surface area (Å²) in [5, 5.41) is 9.34. The van der Waals surface area contributed by atoms with Crippen LogP contribution in [0.15, 0.2) is 23.0 Å². The van der Waals surface area contributed by atoms with Crippen LogP contribution in [0.3, 0.4) is 0 Å². The van der Waals surface area contributed by atoms with E-state index in [2.05, 4.69) is 4.98 Å². The molecule has 0 bridgehead atoms. The molecule has 0 spiro atoms. The maximum atomic E-state index is 12.1. The molecule has 4 nitrogen and oxygen atoms in total. The Balaban J connectivity index is 2.85. The van der Waals surface area contributed by atoms with Crippen LogP contribution in [0.25, 0.3) is 10.9 Å². The maximum Gasteiger partial charge on any atom is 0.335 e. The number of carboxylic acid groups (broad SMARTS) is 1. The minimum atomic E-state index is -1.02. The lowest BCUT2D eigenvalue weighted by Gasteiger charge is -2.06. The summed E-state index contributed by atoms with van der Waals surface area (Å²) in [5.41, 5.74) is 2.28. The number of aromatic carboxylic acids is 1. The van der Waals surface area contributed by atoms with Gasteiger partial charge >= 0.3 is 5.97 Å². The topological polar surface area (TPSA) is 70.2 Å². The Hall–Kier alpha value is -2.10. The van der Waals surface area contributed by atoms with Crippen LogP contribution in [-0.2, 0) is 6.42 Å². The Kier molecular flexibility index (Phi) is 2.71. The van der Waals surface area contributed by atoms with E-state index in [0.29, 0.717) is 22.9 Å².